The molecule has 1 aliphatic carbocycles. The Kier molecular flexibility index (Phi) is 7.56. The average molecular weight is 415 g/mol. The van der Waals surface area contributed by atoms with Gasteiger partial charge in [-0.25, -0.2) is 0 Å². The first kappa shape index (κ1) is 23.3. The van der Waals surface area contributed by atoms with Crippen LogP contribution in [-0.4, -0.2) is 55.7 Å². The van der Waals surface area contributed by atoms with E-state index in [4.69, 9.17) is 9.47 Å². The number of carbonyl (C=O) groups excluding carboxylic acids is 3. The van der Waals surface area contributed by atoms with Crippen molar-refractivity contribution in [1.82, 2.24) is 0 Å². The van der Waals surface area contributed by atoms with E-state index in [0.29, 0.717) is 5.56 Å². The van der Waals surface area contributed by atoms with Crippen LogP contribution < -0.4 is 4.90 Å². The molecule has 1 aromatic carbocycles. The summed E-state index contributed by atoms with van der Waals surface area (Å²) in [5, 5.41) is 11.0. The van der Waals surface area contributed by atoms with Crippen LogP contribution in [0.2, 0.25) is 0 Å². The minimum atomic E-state index is -1.69. The second-order valence-electron chi connectivity index (χ2n) is 7.80. The number of aliphatic hydroxyl groups is 1. The summed E-state index contributed by atoms with van der Waals surface area (Å²) < 4.78 is 10.4. The Hall–Kier alpha value is -2.93. The lowest BCUT2D eigenvalue weighted by Crippen LogP contribution is -2.55. The van der Waals surface area contributed by atoms with Crippen molar-refractivity contribution in [3.63, 3.8) is 0 Å². The molecule has 1 fully saturated rings. The van der Waals surface area contributed by atoms with E-state index in [1.165, 1.54) is 19.1 Å². The summed E-state index contributed by atoms with van der Waals surface area (Å²) in [5.74, 6) is -5.25. The van der Waals surface area contributed by atoms with E-state index in [9.17, 15) is 19.5 Å². The molecule has 0 heterocycles. The van der Waals surface area contributed by atoms with Crippen molar-refractivity contribution in [2.75, 3.05) is 32.2 Å². The van der Waals surface area contributed by atoms with Gasteiger partial charge in [0.1, 0.15) is 19.1 Å². The van der Waals surface area contributed by atoms with Crippen molar-refractivity contribution in [3.05, 3.63) is 55.1 Å². The number of ketones is 1. The monoisotopic (exact) mass is 415 g/mol. The fraction of sp³-hybridized carbons (Fsp3) is 0.435. The highest BCUT2D eigenvalue weighted by molar-refractivity contribution is 6.02. The Morgan fingerprint density at radius 3 is 2.17 bits per heavy atom. The minimum absolute atomic E-state index is 0.0444. The Bertz CT molecular complexity index is 811. The Morgan fingerprint density at radius 1 is 1.13 bits per heavy atom. The van der Waals surface area contributed by atoms with Crippen molar-refractivity contribution in [2.24, 2.45) is 11.8 Å². The van der Waals surface area contributed by atoms with Crippen molar-refractivity contribution < 1.29 is 29.0 Å². The summed E-state index contributed by atoms with van der Waals surface area (Å²) in [6, 6.07) is 7.13. The first-order chi connectivity index (χ1) is 14.1. The topological polar surface area (TPSA) is 93.1 Å². The molecule has 7 heteroatoms. The maximum absolute atomic E-state index is 12.9. The smallest absolute Gasteiger partial charge is 0.317 e. The van der Waals surface area contributed by atoms with E-state index in [2.05, 4.69) is 13.2 Å². The normalized spacial score (nSPS) is 25.9. The van der Waals surface area contributed by atoms with Crippen LogP contribution in [0.4, 0.5) is 5.69 Å². The summed E-state index contributed by atoms with van der Waals surface area (Å²) in [5.41, 5.74) is -0.214. The van der Waals surface area contributed by atoms with Crippen LogP contribution in [0.5, 0.6) is 0 Å². The molecule has 1 aromatic rings. The number of Topliss-reactive ketones (excluding diaryl/α,β-unsaturated/α-hetero) is 1. The molecular formula is C23H29NO6. The van der Waals surface area contributed by atoms with Crippen LogP contribution in [0, 0.1) is 11.8 Å². The van der Waals surface area contributed by atoms with Crippen LogP contribution in [0.3, 0.4) is 0 Å². The number of nitrogens with zero attached hydrogens (tertiary/aromatic N) is 1. The molecule has 4 atom stereocenters. The summed E-state index contributed by atoms with van der Waals surface area (Å²) in [4.78, 5) is 40.5. The molecule has 1 aliphatic rings. The zero-order valence-electron chi connectivity index (χ0n) is 17.7. The highest BCUT2D eigenvalue weighted by Crippen LogP contribution is 2.47. The Morgan fingerprint density at radius 2 is 1.67 bits per heavy atom. The number of benzene rings is 1. The van der Waals surface area contributed by atoms with E-state index in [-0.39, 0.29) is 19.6 Å². The van der Waals surface area contributed by atoms with E-state index in [0.717, 1.165) is 5.69 Å². The van der Waals surface area contributed by atoms with Crippen LogP contribution in [0.1, 0.15) is 24.8 Å². The van der Waals surface area contributed by atoms with Gasteiger partial charge in [0.2, 0.25) is 0 Å². The number of anilines is 1. The lowest BCUT2D eigenvalue weighted by molar-refractivity contribution is -0.171. The van der Waals surface area contributed by atoms with Gasteiger partial charge in [0.15, 0.2) is 5.78 Å². The lowest BCUT2D eigenvalue weighted by Gasteiger charge is -2.43. The number of hydrogen-bond donors (Lipinski definition) is 1. The molecule has 0 amide bonds. The zero-order valence-corrected chi connectivity index (χ0v) is 17.7. The lowest BCUT2D eigenvalue weighted by atomic mass is 9.61. The molecule has 0 spiro atoms. The van der Waals surface area contributed by atoms with Gasteiger partial charge < -0.3 is 19.5 Å². The minimum Gasteiger partial charge on any atom is -0.461 e. The molecule has 0 bridgehead atoms. The van der Waals surface area contributed by atoms with Crippen molar-refractivity contribution in [1.29, 1.82) is 0 Å². The Labute approximate surface area is 177 Å². The largest absolute Gasteiger partial charge is 0.461 e. The number of carbonyl (C=O) groups is 3. The first-order valence-electron chi connectivity index (χ1n) is 9.71. The summed E-state index contributed by atoms with van der Waals surface area (Å²) >= 11 is 0. The first-order valence-corrected chi connectivity index (χ1v) is 9.71. The third kappa shape index (κ3) is 4.97. The highest BCUT2D eigenvalue weighted by atomic mass is 16.5. The van der Waals surface area contributed by atoms with Gasteiger partial charge in [-0.1, -0.05) is 37.4 Å². The SMILES string of the molecule is C=CCOC(=O)[C@H]1C(=O)C[C@@](C)(O)[C@@H](C(=O)OCC=C)[C@H]1c1ccc(N(C)C)cc1. The van der Waals surface area contributed by atoms with Gasteiger partial charge in [0, 0.05) is 32.1 Å². The predicted molar refractivity (Wildman–Crippen MR) is 113 cm³/mol. The van der Waals surface area contributed by atoms with Crippen molar-refractivity contribution >= 4 is 23.4 Å². The molecule has 0 aromatic heterocycles. The van der Waals surface area contributed by atoms with E-state index >= 15 is 0 Å². The molecule has 0 unspecified atom stereocenters. The van der Waals surface area contributed by atoms with Gasteiger partial charge >= 0.3 is 11.9 Å². The van der Waals surface area contributed by atoms with Gasteiger partial charge in [-0.3, -0.25) is 14.4 Å². The maximum Gasteiger partial charge on any atom is 0.317 e. The fourth-order valence-corrected chi connectivity index (χ4v) is 3.87. The van der Waals surface area contributed by atoms with Crippen LogP contribution >= 0.6 is 0 Å². The van der Waals surface area contributed by atoms with Gasteiger partial charge in [-0.05, 0) is 24.6 Å². The number of hydrogen-bond acceptors (Lipinski definition) is 7. The van der Waals surface area contributed by atoms with Crippen molar-refractivity contribution in [3.8, 4) is 0 Å². The second-order valence-corrected chi connectivity index (χ2v) is 7.80. The van der Waals surface area contributed by atoms with Crippen LogP contribution in [0.25, 0.3) is 0 Å². The molecule has 2 rings (SSSR count). The van der Waals surface area contributed by atoms with Gasteiger partial charge in [-0.15, -0.1) is 0 Å². The van der Waals surface area contributed by atoms with Crippen LogP contribution in [-0.2, 0) is 23.9 Å². The van der Waals surface area contributed by atoms with Gasteiger partial charge in [0.05, 0.1) is 11.5 Å². The standard InChI is InChI=1S/C23H29NO6/c1-6-12-29-21(26)19-17(25)14-23(3,28)20(22(27)30-13-7-2)18(19)15-8-10-16(11-9-15)24(4)5/h6-11,18-20,28H,1-2,12-14H2,3-5H3/t18-,19-,20+,23+/m0/s1. The number of esters is 2. The van der Waals surface area contributed by atoms with Gasteiger partial charge in [-0.2, -0.15) is 0 Å². The molecule has 1 N–H and O–H groups in total. The van der Waals surface area contributed by atoms with Crippen LogP contribution in [0.15, 0.2) is 49.6 Å². The third-order valence-electron chi connectivity index (χ3n) is 5.26. The summed E-state index contributed by atoms with van der Waals surface area (Å²) in [6.45, 7) is 8.35. The number of rotatable bonds is 8. The summed E-state index contributed by atoms with van der Waals surface area (Å²) in [7, 11) is 3.77. The average Bonchev–Trinajstić information content (AvgIpc) is 2.69. The molecule has 1 saturated carbocycles. The molecule has 0 saturated heterocycles. The molecule has 162 valence electrons. The maximum atomic E-state index is 12.9. The predicted octanol–water partition coefficient (Wildman–Crippen LogP) is 2.25. The molecule has 7 nitrogen and oxygen atoms in total. The summed E-state index contributed by atoms with van der Waals surface area (Å²) in [6.07, 6.45) is 2.45. The third-order valence-corrected chi connectivity index (χ3v) is 5.26. The molecule has 30 heavy (non-hydrogen) atoms. The Balaban J connectivity index is 2.57. The molecule has 0 radical (unpaired) electrons. The number of ether oxygens (including phenoxy) is 2. The molecular weight excluding hydrogens is 386 g/mol. The zero-order chi connectivity index (χ0) is 22.5. The highest BCUT2D eigenvalue weighted by Gasteiger charge is 2.57. The van der Waals surface area contributed by atoms with Gasteiger partial charge in [0.25, 0.3) is 0 Å². The molecule has 0 aliphatic heterocycles. The van der Waals surface area contributed by atoms with E-state index in [1.54, 1.807) is 12.1 Å². The fourth-order valence-electron chi connectivity index (χ4n) is 3.87. The quantitative estimate of drug-likeness (QED) is 0.395. The van der Waals surface area contributed by atoms with E-state index < -0.39 is 41.1 Å². The van der Waals surface area contributed by atoms with Crippen molar-refractivity contribution in [2.45, 2.75) is 24.9 Å². The second kappa shape index (κ2) is 9.71. The van der Waals surface area contributed by atoms with E-state index in [1.807, 2.05) is 31.1 Å².